The molecule has 2 aromatic carbocycles. The van der Waals surface area contributed by atoms with Crippen molar-refractivity contribution in [1.82, 2.24) is 10.5 Å². The van der Waals surface area contributed by atoms with Crippen LogP contribution < -0.4 is 5.48 Å². The van der Waals surface area contributed by atoms with Crippen LogP contribution in [-0.2, 0) is 9.63 Å². The zero-order chi connectivity index (χ0) is 18.0. The van der Waals surface area contributed by atoms with Crippen LogP contribution in [-0.4, -0.2) is 18.0 Å². The fourth-order valence-corrected chi connectivity index (χ4v) is 3.00. The Kier molecular flexibility index (Phi) is 4.72. The summed E-state index contributed by atoms with van der Waals surface area (Å²) in [4.78, 5) is 19.7. The van der Waals surface area contributed by atoms with Gasteiger partial charge in [-0.15, -0.1) is 0 Å². The largest absolute Gasteiger partial charge is 0.361 e. The first kappa shape index (κ1) is 17.0. The van der Waals surface area contributed by atoms with Crippen molar-refractivity contribution in [2.45, 2.75) is 20.8 Å². The number of fused-ring (bicyclic) bond motifs is 1. The van der Waals surface area contributed by atoms with E-state index in [0.717, 1.165) is 16.6 Å². The SMILES string of the molecule is CONC(=O)C(C)=Cc1cc(C)c(-c2ccc3[nH]ccc3c2)cc1C. The molecular formula is C21H22N2O2. The predicted molar refractivity (Wildman–Crippen MR) is 102 cm³/mol. The number of rotatable bonds is 4. The first-order chi connectivity index (χ1) is 12.0. The minimum atomic E-state index is -0.235. The van der Waals surface area contributed by atoms with Crippen molar-refractivity contribution >= 4 is 22.9 Å². The summed E-state index contributed by atoms with van der Waals surface area (Å²) in [5, 5.41) is 1.20. The zero-order valence-corrected chi connectivity index (χ0v) is 14.9. The summed E-state index contributed by atoms with van der Waals surface area (Å²) in [6.45, 7) is 5.93. The maximum atomic E-state index is 11.8. The Morgan fingerprint density at radius 1 is 1.12 bits per heavy atom. The van der Waals surface area contributed by atoms with Gasteiger partial charge in [0.05, 0.1) is 7.11 Å². The molecule has 128 valence electrons. The zero-order valence-electron chi connectivity index (χ0n) is 14.9. The van der Waals surface area contributed by atoms with Gasteiger partial charge in [0.2, 0.25) is 0 Å². The Labute approximate surface area is 147 Å². The van der Waals surface area contributed by atoms with E-state index in [9.17, 15) is 4.79 Å². The van der Waals surface area contributed by atoms with Gasteiger partial charge in [-0.05, 0) is 78.2 Å². The van der Waals surface area contributed by atoms with Crippen LogP contribution in [0.3, 0.4) is 0 Å². The number of aryl methyl sites for hydroxylation is 2. The average molecular weight is 334 g/mol. The van der Waals surface area contributed by atoms with E-state index in [1.807, 2.05) is 12.3 Å². The predicted octanol–water partition coefficient (Wildman–Crippen LogP) is 4.53. The number of carbonyl (C=O) groups is 1. The number of carbonyl (C=O) groups excluding carboxylic acids is 1. The average Bonchev–Trinajstić information content (AvgIpc) is 3.05. The molecule has 1 heterocycles. The highest BCUT2D eigenvalue weighted by Gasteiger charge is 2.09. The van der Waals surface area contributed by atoms with Crippen LogP contribution in [0.15, 0.2) is 48.2 Å². The maximum Gasteiger partial charge on any atom is 0.270 e. The fourth-order valence-electron chi connectivity index (χ4n) is 3.00. The highest BCUT2D eigenvalue weighted by molar-refractivity contribution is 5.97. The molecule has 0 saturated heterocycles. The third-order valence-corrected chi connectivity index (χ3v) is 4.40. The fraction of sp³-hybridized carbons (Fsp3) is 0.190. The van der Waals surface area contributed by atoms with Crippen molar-refractivity contribution in [3.8, 4) is 11.1 Å². The van der Waals surface area contributed by atoms with Gasteiger partial charge >= 0.3 is 0 Å². The van der Waals surface area contributed by atoms with Crippen LogP contribution >= 0.6 is 0 Å². The summed E-state index contributed by atoms with van der Waals surface area (Å²) in [7, 11) is 1.43. The van der Waals surface area contributed by atoms with Gasteiger partial charge in [0.25, 0.3) is 5.91 Å². The van der Waals surface area contributed by atoms with Crippen LogP contribution in [0, 0.1) is 13.8 Å². The number of hydroxylamine groups is 1. The lowest BCUT2D eigenvalue weighted by atomic mass is 9.93. The van der Waals surface area contributed by atoms with Gasteiger partial charge in [0.15, 0.2) is 0 Å². The molecule has 0 radical (unpaired) electrons. The van der Waals surface area contributed by atoms with Crippen LogP contribution in [0.4, 0.5) is 0 Å². The van der Waals surface area contributed by atoms with E-state index in [1.165, 1.54) is 29.2 Å². The number of aromatic amines is 1. The summed E-state index contributed by atoms with van der Waals surface area (Å²) in [5.74, 6) is -0.235. The molecule has 0 spiro atoms. The summed E-state index contributed by atoms with van der Waals surface area (Å²) in [6.07, 6.45) is 3.84. The van der Waals surface area contributed by atoms with Gasteiger partial charge in [-0.25, -0.2) is 5.48 Å². The molecular weight excluding hydrogens is 312 g/mol. The molecule has 0 aliphatic carbocycles. The standard InChI is InChI=1S/C21H22N2O2/c1-13-11-19(16-5-6-20-17(12-16)7-8-22-20)14(2)9-18(13)10-15(3)21(24)23-25-4/h5-12,22H,1-4H3,(H,23,24). The lowest BCUT2D eigenvalue weighted by molar-refractivity contribution is -0.127. The quantitative estimate of drug-likeness (QED) is 0.544. The molecule has 1 amide bonds. The molecule has 1 aromatic heterocycles. The van der Waals surface area contributed by atoms with Gasteiger partial charge in [0.1, 0.15) is 0 Å². The van der Waals surface area contributed by atoms with Gasteiger partial charge in [-0.2, -0.15) is 0 Å². The van der Waals surface area contributed by atoms with Crippen molar-refractivity contribution in [3.05, 3.63) is 64.9 Å². The van der Waals surface area contributed by atoms with Gasteiger partial charge in [-0.3, -0.25) is 9.63 Å². The molecule has 0 unspecified atom stereocenters. The Morgan fingerprint density at radius 3 is 2.68 bits per heavy atom. The van der Waals surface area contributed by atoms with Gasteiger partial charge in [0, 0.05) is 17.3 Å². The molecule has 3 rings (SSSR count). The van der Waals surface area contributed by atoms with Crippen LogP contribution in [0.1, 0.15) is 23.6 Å². The number of H-pyrrole nitrogens is 1. The Bertz CT molecular complexity index is 967. The van der Waals surface area contributed by atoms with Crippen molar-refractivity contribution < 1.29 is 9.63 Å². The second kappa shape index (κ2) is 6.95. The van der Waals surface area contributed by atoms with E-state index < -0.39 is 0 Å². The number of nitrogens with one attached hydrogen (secondary N) is 2. The van der Waals surface area contributed by atoms with Crippen molar-refractivity contribution in [1.29, 1.82) is 0 Å². The molecule has 3 aromatic rings. The van der Waals surface area contributed by atoms with Crippen molar-refractivity contribution in [2.75, 3.05) is 7.11 Å². The molecule has 0 saturated carbocycles. The Morgan fingerprint density at radius 2 is 1.92 bits per heavy atom. The highest BCUT2D eigenvalue weighted by Crippen LogP contribution is 2.29. The lowest BCUT2D eigenvalue weighted by Gasteiger charge is -2.12. The molecule has 4 nitrogen and oxygen atoms in total. The molecule has 0 bridgehead atoms. The molecule has 0 aliphatic heterocycles. The molecule has 0 atom stereocenters. The summed E-state index contributed by atoms with van der Waals surface area (Å²) >= 11 is 0. The van der Waals surface area contributed by atoms with Gasteiger partial charge in [-0.1, -0.05) is 18.2 Å². The number of aromatic nitrogens is 1. The summed E-state index contributed by atoms with van der Waals surface area (Å²) in [5.41, 5.74) is 9.81. The Hall–Kier alpha value is -2.85. The first-order valence-electron chi connectivity index (χ1n) is 8.20. The lowest BCUT2D eigenvalue weighted by Crippen LogP contribution is -2.22. The number of benzene rings is 2. The topological polar surface area (TPSA) is 54.1 Å². The third kappa shape index (κ3) is 3.49. The second-order valence-electron chi connectivity index (χ2n) is 6.27. The minimum Gasteiger partial charge on any atom is -0.361 e. The van der Waals surface area contributed by atoms with Crippen molar-refractivity contribution in [3.63, 3.8) is 0 Å². The molecule has 25 heavy (non-hydrogen) atoms. The van der Waals surface area contributed by atoms with Crippen LogP contribution in [0.5, 0.6) is 0 Å². The Balaban J connectivity index is 2.00. The first-order valence-corrected chi connectivity index (χ1v) is 8.20. The van der Waals surface area contributed by atoms with Crippen molar-refractivity contribution in [2.24, 2.45) is 0 Å². The molecule has 0 fully saturated rings. The highest BCUT2D eigenvalue weighted by atomic mass is 16.6. The van der Waals surface area contributed by atoms with E-state index in [0.29, 0.717) is 5.57 Å². The number of amides is 1. The summed E-state index contributed by atoms with van der Waals surface area (Å²) in [6, 6.07) is 12.8. The van der Waals surface area contributed by atoms with E-state index in [2.05, 4.69) is 65.5 Å². The normalized spacial score (nSPS) is 11.8. The van der Waals surface area contributed by atoms with E-state index >= 15 is 0 Å². The third-order valence-electron chi connectivity index (χ3n) is 4.40. The molecule has 2 N–H and O–H groups in total. The second-order valence-corrected chi connectivity index (χ2v) is 6.27. The monoisotopic (exact) mass is 334 g/mol. The summed E-state index contributed by atoms with van der Waals surface area (Å²) < 4.78 is 0. The van der Waals surface area contributed by atoms with E-state index in [1.54, 1.807) is 6.92 Å². The van der Waals surface area contributed by atoms with E-state index in [4.69, 9.17) is 0 Å². The molecule has 4 heteroatoms. The van der Waals surface area contributed by atoms with E-state index in [-0.39, 0.29) is 5.91 Å². The maximum absolute atomic E-state index is 11.8. The number of hydrogen-bond donors (Lipinski definition) is 2. The minimum absolute atomic E-state index is 0.235. The van der Waals surface area contributed by atoms with Crippen LogP contribution in [0.2, 0.25) is 0 Å². The molecule has 0 aliphatic rings. The van der Waals surface area contributed by atoms with Gasteiger partial charge < -0.3 is 4.98 Å². The van der Waals surface area contributed by atoms with Crippen LogP contribution in [0.25, 0.3) is 28.1 Å². The number of hydrogen-bond acceptors (Lipinski definition) is 2. The smallest absolute Gasteiger partial charge is 0.270 e.